The van der Waals surface area contributed by atoms with Crippen molar-refractivity contribution in [1.82, 2.24) is 14.4 Å². The summed E-state index contributed by atoms with van der Waals surface area (Å²) in [7, 11) is 0. The molecule has 3 aromatic rings. The minimum atomic E-state index is -0.350. The lowest BCUT2D eigenvalue weighted by Crippen LogP contribution is -2.39. The molecule has 0 saturated carbocycles. The van der Waals surface area contributed by atoms with Crippen LogP contribution in [0.25, 0.3) is 5.65 Å². The largest absolute Gasteiger partial charge is 0.306 e. The van der Waals surface area contributed by atoms with Gasteiger partial charge in [0.15, 0.2) is 0 Å². The van der Waals surface area contributed by atoms with E-state index in [4.69, 9.17) is 0 Å². The second kappa shape index (κ2) is 5.31. The number of hydrogen-bond donors (Lipinski definition) is 0. The van der Waals surface area contributed by atoms with E-state index in [-0.39, 0.29) is 17.0 Å². The Kier molecular flexibility index (Phi) is 3.15. The zero-order valence-corrected chi connectivity index (χ0v) is 12.3. The van der Waals surface area contributed by atoms with Crippen LogP contribution in [0.15, 0.2) is 53.7 Å². The zero-order valence-electron chi connectivity index (χ0n) is 12.3. The standard InChI is InChI=1S/C17H14N4O2/c22-16(20-10-4-5-13-14(20)6-3-8-18-13)12-11-19-15-7-1-2-9-21(15)17(12)23/h1-3,6-9,11H,4-5,10H2. The molecule has 0 N–H and O–H groups in total. The third kappa shape index (κ3) is 2.19. The average molecular weight is 306 g/mol. The maximum Gasteiger partial charge on any atom is 0.270 e. The number of carbonyl (C=O) groups excluding carboxylic acids is 1. The third-order valence-corrected chi connectivity index (χ3v) is 4.04. The summed E-state index contributed by atoms with van der Waals surface area (Å²) < 4.78 is 1.39. The number of rotatable bonds is 1. The van der Waals surface area contributed by atoms with E-state index in [1.807, 2.05) is 6.07 Å². The zero-order chi connectivity index (χ0) is 15.8. The molecule has 0 saturated heterocycles. The highest BCUT2D eigenvalue weighted by Crippen LogP contribution is 2.25. The summed E-state index contributed by atoms with van der Waals surface area (Å²) in [5.74, 6) is -0.324. The van der Waals surface area contributed by atoms with Crippen molar-refractivity contribution in [3.05, 3.63) is 70.5 Å². The van der Waals surface area contributed by atoms with Crippen LogP contribution in [0.1, 0.15) is 22.5 Å². The van der Waals surface area contributed by atoms with Gasteiger partial charge in [0.25, 0.3) is 11.5 Å². The molecule has 0 bridgehead atoms. The van der Waals surface area contributed by atoms with Gasteiger partial charge < -0.3 is 4.90 Å². The van der Waals surface area contributed by atoms with Crippen molar-refractivity contribution in [1.29, 1.82) is 0 Å². The number of aromatic nitrogens is 3. The normalized spacial score (nSPS) is 13.8. The lowest BCUT2D eigenvalue weighted by atomic mass is 10.1. The van der Waals surface area contributed by atoms with Crippen LogP contribution in [-0.4, -0.2) is 26.8 Å². The summed E-state index contributed by atoms with van der Waals surface area (Å²) in [5.41, 5.74) is 1.92. The molecule has 0 aromatic carbocycles. The summed E-state index contributed by atoms with van der Waals surface area (Å²) in [6.07, 6.45) is 6.38. The molecule has 23 heavy (non-hydrogen) atoms. The molecular formula is C17H14N4O2. The van der Waals surface area contributed by atoms with Crippen LogP contribution in [0, 0.1) is 0 Å². The Labute approximate surface area is 132 Å². The van der Waals surface area contributed by atoms with E-state index in [9.17, 15) is 9.59 Å². The van der Waals surface area contributed by atoms with Gasteiger partial charge in [-0.15, -0.1) is 0 Å². The van der Waals surface area contributed by atoms with Gasteiger partial charge in [-0.1, -0.05) is 6.07 Å². The predicted molar refractivity (Wildman–Crippen MR) is 85.7 cm³/mol. The molecule has 4 heterocycles. The van der Waals surface area contributed by atoms with Gasteiger partial charge in [-0.2, -0.15) is 0 Å². The third-order valence-electron chi connectivity index (χ3n) is 4.04. The highest BCUT2D eigenvalue weighted by Gasteiger charge is 2.26. The Morgan fingerprint density at radius 2 is 2.04 bits per heavy atom. The van der Waals surface area contributed by atoms with E-state index in [0.29, 0.717) is 12.2 Å². The SMILES string of the molecule is O=C(c1cnc2ccccn2c1=O)N1CCCc2ncccc21. The first-order chi connectivity index (χ1) is 11.3. The molecule has 0 fully saturated rings. The van der Waals surface area contributed by atoms with E-state index < -0.39 is 0 Å². The van der Waals surface area contributed by atoms with Gasteiger partial charge in [-0.25, -0.2) is 4.98 Å². The van der Waals surface area contributed by atoms with Crippen LogP contribution in [-0.2, 0) is 6.42 Å². The first kappa shape index (κ1) is 13.6. The first-order valence-electron chi connectivity index (χ1n) is 7.48. The van der Waals surface area contributed by atoms with Crippen LogP contribution in [0.2, 0.25) is 0 Å². The minimum Gasteiger partial charge on any atom is -0.306 e. The van der Waals surface area contributed by atoms with Crippen LogP contribution in [0.4, 0.5) is 5.69 Å². The maximum atomic E-state index is 12.9. The lowest BCUT2D eigenvalue weighted by Gasteiger charge is -2.28. The number of fused-ring (bicyclic) bond motifs is 2. The van der Waals surface area contributed by atoms with Crippen molar-refractivity contribution in [2.24, 2.45) is 0 Å². The number of pyridine rings is 2. The van der Waals surface area contributed by atoms with Crippen molar-refractivity contribution in [3.8, 4) is 0 Å². The maximum absolute atomic E-state index is 12.9. The quantitative estimate of drug-likeness (QED) is 0.686. The first-order valence-corrected chi connectivity index (χ1v) is 7.48. The van der Waals surface area contributed by atoms with Gasteiger partial charge in [0.05, 0.1) is 11.4 Å². The number of carbonyl (C=O) groups is 1. The molecule has 6 heteroatoms. The molecule has 6 nitrogen and oxygen atoms in total. The Morgan fingerprint density at radius 3 is 2.96 bits per heavy atom. The fraction of sp³-hybridized carbons (Fsp3) is 0.176. The second-order valence-electron chi connectivity index (χ2n) is 5.44. The highest BCUT2D eigenvalue weighted by atomic mass is 16.2. The molecule has 114 valence electrons. The van der Waals surface area contributed by atoms with Gasteiger partial charge in [0.1, 0.15) is 11.2 Å². The molecule has 0 radical (unpaired) electrons. The van der Waals surface area contributed by atoms with Crippen molar-refractivity contribution >= 4 is 17.2 Å². The van der Waals surface area contributed by atoms with Gasteiger partial charge in [-0.3, -0.25) is 19.0 Å². The molecule has 0 spiro atoms. The van der Waals surface area contributed by atoms with E-state index in [0.717, 1.165) is 24.2 Å². The van der Waals surface area contributed by atoms with Crippen LogP contribution in [0.5, 0.6) is 0 Å². The Bertz CT molecular complexity index is 964. The van der Waals surface area contributed by atoms with Crippen LogP contribution >= 0.6 is 0 Å². The van der Waals surface area contributed by atoms with E-state index >= 15 is 0 Å². The fourth-order valence-electron chi connectivity index (χ4n) is 2.92. The van der Waals surface area contributed by atoms with Crippen molar-refractivity contribution < 1.29 is 4.79 Å². The topological polar surface area (TPSA) is 67.6 Å². The summed E-state index contributed by atoms with van der Waals surface area (Å²) in [5, 5.41) is 0. The Morgan fingerprint density at radius 1 is 1.13 bits per heavy atom. The predicted octanol–water partition coefficient (Wildman–Crippen LogP) is 1.68. The molecule has 4 rings (SSSR count). The van der Waals surface area contributed by atoms with E-state index in [1.165, 1.54) is 10.6 Å². The Hall–Kier alpha value is -3.02. The van der Waals surface area contributed by atoms with Gasteiger partial charge >= 0.3 is 0 Å². The highest BCUT2D eigenvalue weighted by molar-refractivity contribution is 6.06. The van der Waals surface area contributed by atoms with Crippen LogP contribution in [0.3, 0.4) is 0 Å². The van der Waals surface area contributed by atoms with Crippen molar-refractivity contribution in [2.45, 2.75) is 12.8 Å². The molecular weight excluding hydrogens is 292 g/mol. The summed E-state index contributed by atoms with van der Waals surface area (Å²) in [4.78, 5) is 35.6. The van der Waals surface area contributed by atoms with Gasteiger partial charge in [0.2, 0.25) is 0 Å². The average Bonchev–Trinajstić information content (AvgIpc) is 2.61. The molecule has 0 aliphatic carbocycles. The number of nitrogens with zero attached hydrogens (tertiary/aromatic N) is 4. The molecule has 1 amide bonds. The molecule has 0 atom stereocenters. The fourth-order valence-corrected chi connectivity index (χ4v) is 2.92. The molecule has 0 unspecified atom stereocenters. The second-order valence-corrected chi connectivity index (χ2v) is 5.44. The number of anilines is 1. The lowest BCUT2D eigenvalue weighted by molar-refractivity contribution is 0.0983. The van der Waals surface area contributed by atoms with Crippen LogP contribution < -0.4 is 10.5 Å². The molecule has 1 aliphatic heterocycles. The minimum absolute atomic E-state index is 0.0744. The summed E-state index contributed by atoms with van der Waals surface area (Å²) in [6.45, 7) is 0.578. The number of hydrogen-bond acceptors (Lipinski definition) is 4. The van der Waals surface area contributed by atoms with E-state index in [1.54, 1.807) is 41.6 Å². The molecule has 1 aliphatic rings. The smallest absolute Gasteiger partial charge is 0.270 e. The Balaban J connectivity index is 1.82. The number of amides is 1. The van der Waals surface area contributed by atoms with E-state index in [2.05, 4.69) is 9.97 Å². The van der Waals surface area contributed by atoms with Crippen molar-refractivity contribution in [2.75, 3.05) is 11.4 Å². The monoisotopic (exact) mass is 306 g/mol. The summed E-state index contributed by atoms with van der Waals surface area (Å²) in [6, 6.07) is 8.94. The van der Waals surface area contributed by atoms with Gasteiger partial charge in [0, 0.05) is 25.1 Å². The van der Waals surface area contributed by atoms with Gasteiger partial charge in [-0.05, 0) is 37.1 Å². The van der Waals surface area contributed by atoms with Crippen molar-refractivity contribution in [3.63, 3.8) is 0 Å². The number of aryl methyl sites for hydroxylation is 1. The summed E-state index contributed by atoms with van der Waals surface area (Å²) >= 11 is 0. The molecule has 3 aromatic heterocycles.